The predicted octanol–water partition coefficient (Wildman–Crippen LogP) is 14.4. The third-order valence-electron chi connectivity index (χ3n) is 13.6. The highest BCUT2D eigenvalue weighted by Crippen LogP contribution is 2.57. The van der Waals surface area contributed by atoms with Gasteiger partial charge >= 0.3 is 0 Å². The van der Waals surface area contributed by atoms with E-state index in [9.17, 15) is 0 Å². The molecule has 13 rings (SSSR count). The Morgan fingerprint density at radius 1 is 0.355 bits per heavy atom. The largest absolute Gasteiger partial charge is 0.310 e. The summed E-state index contributed by atoms with van der Waals surface area (Å²) in [6, 6.07) is 78.3. The molecule has 3 aliphatic carbocycles. The minimum absolute atomic E-state index is 0.362. The molecule has 1 spiro atoms. The lowest BCUT2D eigenvalue weighted by atomic mass is 9.67. The van der Waals surface area contributed by atoms with Crippen LogP contribution in [0.4, 0.5) is 17.1 Å². The van der Waals surface area contributed by atoms with Crippen LogP contribution in [0.15, 0.2) is 236 Å². The molecule has 62 heavy (non-hydrogen) atoms. The second kappa shape index (κ2) is 13.5. The van der Waals surface area contributed by atoms with E-state index < -0.39 is 0 Å². The smallest absolute Gasteiger partial charge is 0.0659 e. The molecular formula is C61H39N. The van der Waals surface area contributed by atoms with Gasteiger partial charge in [0.2, 0.25) is 0 Å². The van der Waals surface area contributed by atoms with E-state index in [0.29, 0.717) is 0 Å². The van der Waals surface area contributed by atoms with Crippen LogP contribution in [0.1, 0.15) is 11.1 Å². The van der Waals surface area contributed by atoms with Gasteiger partial charge in [-0.2, -0.15) is 0 Å². The summed E-state index contributed by atoms with van der Waals surface area (Å²) in [7, 11) is 0. The maximum absolute atomic E-state index is 2.51. The Labute approximate surface area is 360 Å². The molecule has 0 unspecified atom stereocenters. The Bertz CT molecular complexity index is 3520. The van der Waals surface area contributed by atoms with Gasteiger partial charge in [0.1, 0.15) is 0 Å². The van der Waals surface area contributed by atoms with Crippen LogP contribution < -0.4 is 15.3 Å². The molecule has 1 heteroatoms. The molecular weight excluding hydrogens is 747 g/mol. The lowest BCUT2D eigenvalue weighted by Crippen LogP contribution is -2.33. The Morgan fingerprint density at radius 2 is 0.823 bits per heavy atom. The van der Waals surface area contributed by atoms with Crippen LogP contribution in [0.3, 0.4) is 0 Å². The molecule has 0 heterocycles. The molecule has 10 aromatic rings. The highest BCUT2D eigenvalue weighted by molar-refractivity contribution is 6.26. The topological polar surface area (TPSA) is 3.24 Å². The van der Waals surface area contributed by atoms with Crippen LogP contribution in [0.2, 0.25) is 0 Å². The van der Waals surface area contributed by atoms with E-state index in [1.165, 1.54) is 98.4 Å². The van der Waals surface area contributed by atoms with E-state index in [1.54, 1.807) is 0 Å². The highest BCUT2D eigenvalue weighted by Gasteiger charge is 2.46. The van der Waals surface area contributed by atoms with Gasteiger partial charge in [-0.05, 0) is 153 Å². The first-order valence-corrected chi connectivity index (χ1v) is 21.6. The van der Waals surface area contributed by atoms with Gasteiger partial charge in [-0.1, -0.05) is 182 Å². The quantitative estimate of drug-likeness (QED) is 0.157. The second-order valence-corrected chi connectivity index (χ2v) is 16.8. The number of allylic oxidation sites excluding steroid dienone is 4. The van der Waals surface area contributed by atoms with Gasteiger partial charge in [0, 0.05) is 17.1 Å². The molecule has 3 aliphatic rings. The summed E-state index contributed by atoms with van der Waals surface area (Å²) < 4.78 is 0. The molecule has 1 nitrogen and oxygen atoms in total. The molecule has 0 aliphatic heterocycles. The van der Waals surface area contributed by atoms with E-state index >= 15 is 0 Å². The number of nitrogens with zero attached hydrogens (tertiary/aromatic N) is 1. The van der Waals surface area contributed by atoms with E-state index in [1.807, 2.05) is 0 Å². The maximum atomic E-state index is 2.51. The Morgan fingerprint density at radius 3 is 1.42 bits per heavy atom. The van der Waals surface area contributed by atoms with E-state index in [4.69, 9.17) is 0 Å². The fourth-order valence-electron chi connectivity index (χ4n) is 10.9. The van der Waals surface area contributed by atoms with Crippen molar-refractivity contribution in [1.82, 2.24) is 0 Å². The van der Waals surface area contributed by atoms with Crippen molar-refractivity contribution in [2.45, 2.75) is 5.41 Å². The van der Waals surface area contributed by atoms with Gasteiger partial charge in [0.05, 0.1) is 5.41 Å². The summed E-state index contributed by atoms with van der Waals surface area (Å²) in [6.45, 7) is 0. The number of fused-ring (bicyclic) bond motifs is 14. The first kappa shape index (κ1) is 34.8. The molecule has 0 fully saturated rings. The zero-order valence-electron chi connectivity index (χ0n) is 34.0. The van der Waals surface area contributed by atoms with Gasteiger partial charge in [-0.15, -0.1) is 0 Å². The maximum Gasteiger partial charge on any atom is 0.0659 e. The highest BCUT2D eigenvalue weighted by atomic mass is 15.1. The summed E-state index contributed by atoms with van der Waals surface area (Å²) in [5.74, 6) is 0. The van der Waals surface area contributed by atoms with Crippen molar-refractivity contribution in [2.24, 2.45) is 0 Å². The first-order chi connectivity index (χ1) is 30.7. The fraction of sp³-hybridized carbons (Fsp3) is 0.0164. The zero-order valence-corrected chi connectivity index (χ0v) is 34.0. The average molecular weight is 786 g/mol. The lowest BCUT2D eigenvalue weighted by molar-refractivity contribution is 0.859. The van der Waals surface area contributed by atoms with Crippen molar-refractivity contribution >= 4 is 61.0 Å². The summed E-state index contributed by atoms with van der Waals surface area (Å²) in [6.07, 6.45) is 9.46. The Kier molecular flexibility index (Phi) is 7.59. The third-order valence-corrected chi connectivity index (χ3v) is 13.6. The van der Waals surface area contributed by atoms with Crippen molar-refractivity contribution in [3.8, 4) is 33.4 Å². The molecule has 0 aromatic heterocycles. The molecule has 10 aromatic carbocycles. The standard InChI is InChI=1S/C61H39N/c1-3-14-40(15-4-1)42-25-29-46(30-26-42)62(47-31-27-43(28-32-47)41-16-5-2-6-17-41)48-33-34-51-56(38-48)50-20-8-7-19-49(50)55-37-45-36-44-18-13-35-61(60(44)54(45)39-57(51)55)58-23-11-9-21-52(58)53-22-10-12-24-59(53)61/h1-39H. The SMILES string of the molecule is C1=CC2(C3=c4cc5c6ccc(N(c7ccc(-c8ccccc8)cc7)c7ccc(-c8ccccc8)cc7)cc6c6ccccc6c5cc4=CC3=C1)c1ccccc1-c1ccccc12. The Balaban J connectivity index is 1.04. The lowest BCUT2D eigenvalue weighted by Gasteiger charge is -2.34. The zero-order chi connectivity index (χ0) is 40.8. The molecule has 0 atom stereocenters. The molecule has 0 saturated carbocycles. The summed E-state index contributed by atoms with van der Waals surface area (Å²) in [4.78, 5) is 2.40. The molecule has 0 saturated heterocycles. The second-order valence-electron chi connectivity index (χ2n) is 16.8. The van der Waals surface area contributed by atoms with Crippen molar-refractivity contribution in [1.29, 1.82) is 0 Å². The minimum atomic E-state index is -0.362. The van der Waals surface area contributed by atoms with Crippen LogP contribution in [-0.4, -0.2) is 0 Å². The van der Waals surface area contributed by atoms with Crippen molar-refractivity contribution < 1.29 is 0 Å². The average Bonchev–Trinajstić information content (AvgIpc) is 3.85. The molecule has 0 radical (unpaired) electrons. The Hall–Kier alpha value is -8.00. The summed E-state index contributed by atoms with van der Waals surface area (Å²) in [5.41, 5.74) is 15.9. The number of benzene rings is 10. The van der Waals surface area contributed by atoms with Crippen molar-refractivity contribution in [3.05, 3.63) is 258 Å². The number of anilines is 3. The van der Waals surface area contributed by atoms with Crippen LogP contribution in [-0.2, 0) is 5.41 Å². The van der Waals surface area contributed by atoms with Crippen molar-refractivity contribution in [3.63, 3.8) is 0 Å². The predicted molar refractivity (Wildman–Crippen MR) is 262 cm³/mol. The van der Waals surface area contributed by atoms with Crippen LogP contribution >= 0.6 is 0 Å². The molecule has 0 N–H and O–H groups in total. The van der Waals surface area contributed by atoms with E-state index in [0.717, 1.165) is 17.1 Å². The van der Waals surface area contributed by atoms with E-state index in [-0.39, 0.29) is 5.41 Å². The minimum Gasteiger partial charge on any atom is -0.310 e. The first-order valence-electron chi connectivity index (χ1n) is 21.6. The molecule has 0 bridgehead atoms. The summed E-state index contributed by atoms with van der Waals surface area (Å²) >= 11 is 0. The fourth-order valence-corrected chi connectivity index (χ4v) is 10.9. The van der Waals surface area contributed by atoms with Gasteiger partial charge in [-0.3, -0.25) is 0 Å². The number of hydrogen-bond donors (Lipinski definition) is 0. The third kappa shape index (κ3) is 5.09. The van der Waals surface area contributed by atoms with Crippen LogP contribution in [0.5, 0.6) is 0 Å². The molecule has 288 valence electrons. The van der Waals surface area contributed by atoms with Gasteiger partial charge < -0.3 is 4.90 Å². The van der Waals surface area contributed by atoms with Gasteiger partial charge in [0.15, 0.2) is 0 Å². The normalized spacial score (nSPS) is 14.1. The number of rotatable bonds is 5. The summed E-state index contributed by atoms with van der Waals surface area (Å²) in [5, 5.41) is 10.2. The van der Waals surface area contributed by atoms with Crippen molar-refractivity contribution in [2.75, 3.05) is 4.90 Å². The monoisotopic (exact) mass is 785 g/mol. The van der Waals surface area contributed by atoms with E-state index in [2.05, 4.69) is 242 Å². The molecule has 0 amide bonds. The van der Waals surface area contributed by atoms with Crippen LogP contribution in [0, 0.1) is 0 Å². The van der Waals surface area contributed by atoms with Gasteiger partial charge in [-0.25, -0.2) is 0 Å². The number of hydrogen-bond acceptors (Lipinski definition) is 1. The van der Waals surface area contributed by atoms with Crippen LogP contribution in [0.25, 0.3) is 77.3 Å². The van der Waals surface area contributed by atoms with Gasteiger partial charge in [0.25, 0.3) is 0 Å².